The number of nitrogens with zero attached hydrogens (tertiary/aromatic N) is 1. The van der Waals surface area contributed by atoms with Crippen LogP contribution in [0.5, 0.6) is 0 Å². The van der Waals surface area contributed by atoms with Gasteiger partial charge in [-0.3, -0.25) is 9.78 Å². The van der Waals surface area contributed by atoms with E-state index in [4.69, 9.17) is 4.74 Å². The molecule has 25 heavy (non-hydrogen) atoms. The quantitative estimate of drug-likeness (QED) is 0.774. The van der Waals surface area contributed by atoms with Gasteiger partial charge in [0.05, 0.1) is 29.7 Å². The number of rotatable bonds is 8. The lowest BCUT2D eigenvalue weighted by molar-refractivity contribution is 0.0259. The molecule has 1 heterocycles. The number of carbonyl (C=O) groups is 1. The Morgan fingerprint density at radius 1 is 1.16 bits per heavy atom. The smallest absolute Gasteiger partial charge is 0.253 e. The molecule has 134 valence electrons. The number of aryl methyl sites for hydroxylation is 1. The van der Waals surface area contributed by atoms with E-state index in [2.05, 4.69) is 10.3 Å². The van der Waals surface area contributed by atoms with Crippen molar-refractivity contribution in [3.8, 4) is 11.3 Å². The largest absolute Gasteiger partial charge is 0.389 e. The van der Waals surface area contributed by atoms with Crippen LogP contribution >= 0.6 is 0 Å². The molecule has 1 unspecified atom stereocenters. The minimum atomic E-state index is -0.723. The van der Waals surface area contributed by atoms with Crippen molar-refractivity contribution in [2.45, 2.75) is 26.9 Å². The third-order valence-corrected chi connectivity index (χ3v) is 3.66. The highest BCUT2D eigenvalue weighted by Gasteiger charge is 2.13. The van der Waals surface area contributed by atoms with Crippen LogP contribution in [0.25, 0.3) is 11.3 Å². The van der Waals surface area contributed by atoms with E-state index >= 15 is 0 Å². The van der Waals surface area contributed by atoms with E-state index in [0.29, 0.717) is 23.8 Å². The van der Waals surface area contributed by atoms with Crippen molar-refractivity contribution in [2.24, 2.45) is 5.92 Å². The summed E-state index contributed by atoms with van der Waals surface area (Å²) in [5.41, 5.74) is 3.01. The van der Waals surface area contributed by atoms with Crippen molar-refractivity contribution in [3.63, 3.8) is 0 Å². The van der Waals surface area contributed by atoms with Gasteiger partial charge in [0.2, 0.25) is 0 Å². The maximum absolute atomic E-state index is 12.3. The molecule has 0 saturated carbocycles. The lowest BCUT2D eigenvalue weighted by Gasteiger charge is -2.14. The Kier molecular flexibility index (Phi) is 7.10. The molecule has 0 spiro atoms. The summed E-state index contributed by atoms with van der Waals surface area (Å²) >= 11 is 0. The van der Waals surface area contributed by atoms with Gasteiger partial charge in [-0.05, 0) is 25.0 Å². The highest BCUT2D eigenvalue weighted by atomic mass is 16.5. The molecule has 2 rings (SSSR count). The summed E-state index contributed by atoms with van der Waals surface area (Å²) in [6, 6.07) is 13.4. The summed E-state index contributed by atoms with van der Waals surface area (Å²) in [6.07, 6.45) is -0.723. The molecule has 5 nitrogen and oxygen atoms in total. The highest BCUT2D eigenvalue weighted by molar-refractivity contribution is 5.95. The monoisotopic (exact) mass is 342 g/mol. The SMILES string of the molecule is Cc1nc(-c2ccccc2)ccc1C(=O)NCC(O)COCC(C)C. The highest BCUT2D eigenvalue weighted by Crippen LogP contribution is 2.18. The summed E-state index contributed by atoms with van der Waals surface area (Å²) in [7, 11) is 0. The van der Waals surface area contributed by atoms with E-state index < -0.39 is 6.10 Å². The van der Waals surface area contributed by atoms with Crippen molar-refractivity contribution < 1.29 is 14.6 Å². The van der Waals surface area contributed by atoms with Crippen molar-refractivity contribution in [1.82, 2.24) is 10.3 Å². The van der Waals surface area contributed by atoms with E-state index in [1.807, 2.05) is 57.2 Å². The number of carbonyl (C=O) groups excluding carboxylic acids is 1. The number of hydrogen-bond acceptors (Lipinski definition) is 4. The number of aliphatic hydroxyl groups excluding tert-OH is 1. The molecular formula is C20H26N2O3. The van der Waals surface area contributed by atoms with Crippen LogP contribution in [0.3, 0.4) is 0 Å². The number of aromatic nitrogens is 1. The average Bonchev–Trinajstić information content (AvgIpc) is 2.60. The fraction of sp³-hybridized carbons (Fsp3) is 0.400. The zero-order valence-electron chi connectivity index (χ0n) is 15.0. The zero-order chi connectivity index (χ0) is 18.2. The van der Waals surface area contributed by atoms with Crippen molar-refractivity contribution in [3.05, 3.63) is 53.7 Å². The molecule has 2 N–H and O–H groups in total. The minimum absolute atomic E-state index is 0.150. The summed E-state index contributed by atoms with van der Waals surface area (Å²) in [4.78, 5) is 16.8. The first kappa shape index (κ1) is 19.1. The fourth-order valence-corrected chi connectivity index (χ4v) is 2.38. The van der Waals surface area contributed by atoms with Gasteiger partial charge in [0.25, 0.3) is 5.91 Å². The number of ether oxygens (including phenoxy) is 1. The van der Waals surface area contributed by atoms with Crippen LogP contribution in [0.1, 0.15) is 29.9 Å². The molecule has 5 heteroatoms. The normalized spacial score (nSPS) is 12.2. The number of pyridine rings is 1. The Morgan fingerprint density at radius 2 is 1.88 bits per heavy atom. The van der Waals surface area contributed by atoms with Gasteiger partial charge in [-0.15, -0.1) is 0 Å². The second kappa shape index (κ2) is 9.30. The van der Waals surface area contributed by atoms with Crippen molar-refractivity contribution in [2.75, 3.05) is 19.8 Å². The summed E-state index contributed by atoms with van der Waals surface area (Å²) in [5.74, 6) is 0.172. The van der Waals surface area contributed by atoms with E-state index in [-0.39, 0.29) is 19.1 Å². The van der Waals surface area contributed by atoms with E-state index in [1.54, 1.807) is 6.07 Å². The predicted molar refractivity (Wildman–Crippen MR) is 98.4 cm³/mol. The predicted octanol–water partition coefficient (Wildman–Crippen LogP) is 2.82. The molecule has 0 saturated heterocycles. The molecule has 1 aromatic carbocycles. The van der Waals surface area contributed by atoms with Crippen molar-refractivity contribution >= 4 is 5.91 Å². The minimum Gasteiger partial charge on any atom is -0.389 e. The Bertz CT molecular complexity index is 687. The molecule has 1 aromatic heterocycles. The second-order valence-corrected chi connectivity index (χ2v) is 6.49. The van der Waals surface area contributed by atoms with Crippen molar-refractivity contribution in [1.29, 1.82) is 0 Å². The van der Waals surface area contributed by atoms with Crippen LogP contribution in [0, 0.1) is 12.8 Å². The van der Waals surface area contributed by atoms with Crippen LogP contribution in [0.2, 0.25) is 0 Å². The van der Waals surface area contributed by atoms with Crippen LogP contribution < -0.4 is 5.32 Å². The molecule has 2 aromatic rings. The van der Waals surface area contributed by atoms with Crippen LogP contribution in [-0.4, -0.2) is 41.9 Å². The van der Waals surface area contributed by atoms with Gasteiger partial charge < -0.3 is 15.2 Å². The lowest BCUT2D eigenvalue weighted by atomic mass is 10.1. The van der Waals surface area contributed by atoms with Crippen LogP contribution in [0.4, 0.5) is 0 Å². The lowest BCUT2D eigenvalue weighted by Crippen LogP contribution is -2.35. The molecule has 0 fully saturated rings. The van der Waals surface area contributed by atoms with Gasteiger partial charge in [-0.2, -0.15) is 0 Å². The average molecular weight is 342 g/mol. The Labute approximate surface area is 149 Å². The number of benzene rings is 1. The van der Waals surface area contributed by atoms with Gasteiger partial charge in [0.15, 0.2) is 0 Å². The first-order valence-corrected chi connectivity index (χ1v) is 8.54. The topological polar surface area (TPSA) is 71.5 Å². The van der Waals surface area contributed by atoms with E-state index in [0.717, 1.165) is 11.3 Å². The number of amides is 1. The molecule has 1 amide bonds. The van der Waals surface area contributed by atoms with E-state index in [9.17, 15) is 9.90 Å². The van der Waals surface area contributed by atoms with Gasteiger partial charge in [-0.1, -0.05) is 44.2 Å². The molecule has 0 bridgehead atoms. The maximum atomic E-state index is 12.3. The number of nitrogens with one attached hydrogen (secondary N) is 1. The van der Waals surface area contributed by atoms with Gasteiger partial charge >= 0.3 is 0 Å². The van der Waals surface area contributed by atoms with Gasteiger partial charge in [-0.25, -0.2) is 0 Å². The second-order valence-electron chi connectivity index (χ2n) is 6.49. The Hall–Kier alpha value is -2.24. The zero-order valence-corrected chi connectivity index (χ0v) is 15.0. The third-order valence-electron chi connectivity index (χ3n) is 3.66. The summed E-state index contributed by atoms with van der Waals surface area (Å²) < 4.78 is 5.37. The van der Waals surface area contributed by atoms with Crippen LogP contribution in [0.15, 0.2) is 42.5 Å². The Balaban J connectivity index is 1.91. The fourth-order valence-electron chi connectivity index (χ4n) is 2.38. The Morgan fingerprint density at radius 3 is 2.52 bits per heavy atom. The van der Waals surface area contributed by atoms with Gasteiger partial charge in [0.1, 0.15) is 0 Å². The first-order chi connectivity index (χ1) is 12.0. The molecule has 0 aliphatic rings. The molecule has 1 atom stereocenters. The molecule has 0 aliphatic carbocycles. The van der Waals surface area contributed by atoms with Crippen LogP contribution in [-0.2, 0) is 4.74 Å². The summed E-state index contributed by atoms with van der Waals surface area (Å²) in [6.45, 7) is 6.85. The van der Waals surface area contributed by atoms with Gasteiger partial charge in [0, 0.05) is 18.7 Å². The number of hydrogen-bond donors (Lipinski definition) is 2. The maximum Gasteiger partial charge on any atom is 0.253 e. The summed E-state index contributed by atoms with van der Waals surface area (Å²) in [5, 5.41) is 12.6. The first-order valence-electron chi connectivity index (χ1n) is 8.54. The molecule has 0 aliphatic heterocycles. The molecule has 0 radical (unpaired) electrons. The number of aliphatic hydroxyl groups is 1. The molecular weight excluding hydrogens is 316 g/mol. The standard InChI is InChI=1S/C20H26N2O3/c1-14(2)12-25-13-17(23)11-21-20(24)18-9-10-19(22-15(18)3)16-7-5-4-6-8-16/h4-10,14,17,23H,11-13H2,1-3H3,(H,21,24). The van der Waals surface area contributed by atoms with E-state index in [1.165, 1.54) is 0 Å². The third kappa shape index (κ3) is 5.96.